The molecule has 1 aromatic heterocycles. The molecular formula is C19H20F2N4O3. The fourth-order valence-corrected chi connectivity index (χ4v) is 2.80. The Bertz CT molecular complexity index is 853. The molecular weight excluding hydrogens is 370 g/mol. The maximum absolute atomic E-state index is 13.3. The molecule has 0 aliphatic carbocycles. The highest BCUT2D eigenvalue weighted by atomic mass is 19.2. The largest absolute Gasteiger partial charge is 0.450 e. The second-order valence-electron chi connectivity index (χ2n) is 6.16. The highest BCUT2D eigenvalue weighted by Crippen LogP contribution is 2.19. The molecule has 1 N–H and O–H groups in total. The Morgan fingerprint density at radius 2 is 1.71 bits per heavy atom. The fourth-order valence-electron chi connectivity index (χ4n) is 2.80. The second-order valence-corrected chi connectivity index (χ2v) is 6.16. The molecule has 2 aromatic rings. The number of rotatable bonds is 4. The van der Waals surface area contributed by atoms with Crippen molar-refractivity contribution in [1.82, 2.24) is 14.8 Å². The van der Waals surface area contributed by atoms with E-state index in [1.165, 1.54) is 12.3 Å². The van der Waals surface area contributed by atoms with Crippen LogP contribution in [-0.2, 0) is 4.74 Å². The lowest BCUT2D eigenvalue weighted by atomic mass is 10.2. The number of piperazine rings is 1. The van der Waals surface area contributed by atoms with E-state index in [1.54, 1.807) is 28.9 Å². The van der Waals surface area contributed by atoms with Gasteiger partial charge < -0.3 is 19.9 Å². The minimum atomic E-state index is -0.952. The molecule has 1 aromatic carbocycles. The number of hydrogen-bond donors (Lipinski definition) is 1. The summed E-state index contributed by atoms with van der Waals surface area (Å²) in [5.74, 6) is -2.11. The Hall–Kier alpha value is -3.23. The standard InChI is InChI=1S/C19H20F2N4O3/c1-2-28-19(27)25-9-7-24(8-10-25)18(26)17-6-4-14(12-22-17)23-13-3-5-15(20)16(21)11-13/h3-6,11-12,23H,2,7-10H2,1H3. The van der Waals surface area contributed by atoms with E-state index in [-0.39, 0.29) is 17.7 Å². The SMILES string of the molecule is CCOC(=O)N1CCN(C(=O)c2ccc(Nc3ccc(F)c(F)c3)cn2)CC1. The fraction of sp³-hybridized carbons (Fsp3) is 0.316. The van der Waals surface area contributed by atoms with Gasteiger partial charge in [0, 0.05) is 37.9 Å². The summed E-state index contributed by atoms with van der Waals surface area (Å²) in [7, 11) is 0. The minimum Gasteiger partial charge on any atom is -0.450 e. The van der Waals surface area contributed by atoms with Gasteiger partial charge in [0.15, 0.2) is 11.6 Å². The van der Waals surface area contributed by atoms with Crippen LogP contribution in [0.5, 0.6) is 0 Å². The normalized spacial score (nSPS) is 14.0. The smallest absolute Gasteiger partial charge is 0.409 e. The first-order valence-electron chi connectivity index (χ1n) is 8.87. The molecule has 3 rings (SSSR count). The Morgan fingerprint density at radius 1 is 1.04 bits per heavy atom. The van der Waals surface area contributed by atoms with Gasteiger partial charge in [-0.05, 0) is 31.2 Å². The van der Waals surface area contributed by atoms with Crippen LogP contribution in [0.3, 0.4) is 0 Å². The Morgan fingerprint density at radius 3 is 2.32 bits per heavy atom. The summed E-state index contributed by atoms with van der Waals surface area (Å²) in [6, 6.07) is 6.66. The molecule has 2 heterocycles. The van der Waals surface area contributed by atoms with Gasteiger partial charge in [0.05, 0.1) is 18.5 Å². The lowest BCUT2D eigenvalue weighted by molar-refractivity contribution is 0.0566. The first-order chi connectivity index (χ1) is 13.5. The van der Waals surface area contributed by atoms with Crippen molar-refractivity contribution in [2.45, 2.75) is 6.92 Å². The third-order valence-electron chi connectivity index (χ3n) is 4.28. The van der Waals surface area contributed by atoms with Crippen molar-refractivity contribution < 1.29 is 23.1 Å². The average Bonchev–Trinajstić information content (AvgIpc) is 2.71. The van der Waals surface area contributed by atoms with E-state index in [1.807, 2.05) is 0 Å². The van der Waals surface area contributed by atoms with Crippen LogP contribution in [0, 0.1) is 11.6 Å². The van der Waals surface area contributed by atoms with Crippen molar-refractivity contribution >= 4 is 23.4 Å². The molecule has 0 spiro atoms. The lowest BCUT2D eigenvalue weighted by Gasteiger charge is -2.33. The lowest BCUT2D eigenvalue weighted by Crippen LogP contribution is -2.50. The zero-order valence-corrected chi connectivity index (χ0v) is 15.3. The summed E-state index contributed by atoms with van der Waals surface area (Å²) >= 11 is 0. The number of aromatic nitrogens is 1. The van der Waals surface area contributed by atoms with E-state index >= 15 is 0 Å². The number of anilines is 2. The predicted octanol–water partition coefficient (Wildman–Crippen LogP) is 3.02. The molecule has 0 atom stereocenters. The van der Waals surface area contributed by atoms with Gasteiger partial charge in [-0.3, -0.25) is 4.79 Å². The summed E-state index contributed by atoms with van der Waals surface area (Å²) in [4.78, 5) is 31.6. The molecule has 7 nitrogen and oxygen atoms in total. The van der Waals surface area contributed by atoms with Gasteiger partial charge in [-0.15, -0.1) is 0 Å². The quantitative estimate of drug-likeness (QED) is 0.869. The van der Waals surface area contributed by atoms with Crippen molar-refractivity contribution in [2.24, 2.45) is 0 Å². The van der Waals surface area contributed by atoms with Gasteiger partial charge in [0.1, 0.15) is 5.69 Å². The number of amides is 2. The molecule has 0 unspecified atom stereocenters. The number of carbonyl (C=O) groups is 2. The van der Waals surface area contributed by atoms with Gasteiger partial charge in [-0.2, -0.15) is 0 Å². The van der Waals surface area contributed by atoms with Gasteiger partial charge in [-0.25, -0.2) is 18.6 Å². The summed E-state index contributed by atoms with van der Waals surface area (Å²) < 4.78 is 31.2. The Kier molecular flexibility index (Phi) is 6.03. The van der Waals surface area contributed by atoms with Crippen LogP contribution in [0.4, 0.5) is 25.0 Å². The molecule has 0 bridgehead atoms. The van der Waals surface area contributed by atoms with Crippen molar-refractivity contribution in [2.75, 3.05) is 38.1 Å². The molecule has 1 aliphatic heterocycles. The van der Waals surface area contributed by atoms with E-state index < -0.39 is 11.6 Å². The van der Waals surface area contributed by atoms with Crippen LogP contribution in [-0.4, -0.2) is 59.6 Å². The summed E-state index contributed by atoms with van der Waals surface area (Å²) in [5.41, 5.74) is 1.17. The zero-order valence-electron chi connectivity index (χ0n) is 15.3. The van der Waals surface area contributed by atoms with E-state index in [9.17, 15) is 18.4 Å². The van der Waals surface area contributed by atoms with Crippen molar-refractivity contribution in [1.29, 1.82) is 0 Å². The number of nitrogens with one attached hydrogen (secondary N) is 1. The second kappa shape index (κ2) is 8.64. The summed E-state index contributed by atoms with van der Waals surface area (Å²) in [5, 5.41) is 2.90. The van der Waals surface area contributed by atoms with E-state index in [4.69, 9.17) is 4.74 Å². The monoisotopic (exact) mass is 390 g/mol. The Balaban J connectivity index is 1.58. The predicted molar refractivity (Wildman–Crippen MR) is 98.4 cm³/mol. The molecule has 9 heteroatoms. The van der Waals surface area contributed by atoms with E-state index in [0.717, 1.165) is 12.1 Å². The van der Waals surface area contributed by atoms with E-state index in [2.05, 4.69) is 10.3 Å². The minimum absolute atomic E-state index is 0.233. The summed E-state index contributed by atoms with van der Waals surface area (Å²) in [6.45, 7) is 3.66. The summed E-state index contributed by atoms with van der Waals surface area (Å²) in [6.07, 6.45) is 1.07. The third kappa shape index (κ3) is 4.54. The van der Waals surface area contributed by atoms with Crippen LogP contribution < -0.4 is 5.32 Å². The number of benzene rings is 1. The molecule has 1 saturated heterocycles. The molecule has 2 amide bonds. The number of pyridine rings is 1. The molecule has 1 fully saturated rings. The number of carbonyl (C=O) groups excluding carboxylic acids is 2. The first-order valence-corrected chi connectivity index (χ1v) is 8.87. The maximum Gasteiger partial charge on any atom is 0.409 e. The zero-order chi connectivity index (χ0) is 20.1. The molecule has 0 saturated carbocycles. The number of ether oxygens (including phenoxy) is 1. The molecule has 148 valence electrons. The number of nitrogens with zero attached hydrogens (tertiary/aromatic N) is 3. The average molecular weight is 390 g/mol. The van der Waals surface area contributed by atoms with Gasteiger partial charge in [-0.1, -0.05) is 0 Å². The third-order valence-corrected chi connectivity index (χ3v) is 4.28. The van der Waals surface area contributed by atoms with Crippen LogP contribution >= 0.6 is 0 Å². The topological polar surface area (TPSA) is 74.8 Å². The van der Waals surface area contributed by atoms with Crippen molar-refractivity contribution in [3.8, 4) is 0 Å². The van der Waals surface area contributed by atoms with Crippen LogP contribution in [0.25, 0.3) is 0 Å². The van der Waals surface area contributed by atoms with Gasteiger partial charge in [0.25, 0.3) is 5.91 Å². The molecule has 0 radical (unpaired) electrons. The van der Waals surface area contributed by atoms with Crippen LogP contribution in [0.1, 0.15) is 17.4 Å². The molecule has 1 aliphatic rings. The van der Waals surface area contributed by atoms with Crippen molar-refractivity contribution in [3.63, 3.8) is 0 Å². The highest BCUT2D eigenvalue weighted by Gasteiger charge is 2.26. The highest BCUT2D eigenvalue weighted by molar-refractivity contribution is 5.92. The number of hydrogen-bond acceptors (Lipinski definition) is 5. The van der Waals surface area contributed by atoms with E-state index in [0.29, 0.717) is 44.2 Å². The Labute approximate surface area is 160 Å². The van der Waals surface area contributed by atoms with Crippen LogP contribution in [0.2, 0.25) is 0 Å². The molecule has 28 heavy (non-hydrogen) atoms. The van der Waals surface area contributed by atoms with Crippen LogP contribution in [0.15, 0.2) is 36.5 Å². The maximum atomic E-state index is 13.3. The van der Waals surface area contributed by atoms with Crippen molar-refractivity contribution in [3.05, 3.63) is 53.9 Å². The van der Waals surface area contributed by atoms with Gasteiger partial charge in [0.2, 0.25) is 0 Å². The number of halogens is 2. The van der Waals surface area contributed by atoms with Gasteiger partial charge >= 0.3 is 6.09 Å². The first kappa shape index (κ1) is 19.5.